The lowest BCUT2D eigenvalue weighted by atomic mass is 9.87. The van der Waals surface area contributed by atoms with Crippen LogP contribution < -0.4 is 19.9 Å². The molecular formula is C24H27N5O4. The Labute approximate surface area is 191 Å². The number of rotatable bonds is 7. The lowest BCUT2D eigenvalue weighted by molar-refractivity contribution is -0.0154. The van der Waals surface area contributed by atoms with Crippen molar-refractivity contribution in [1.82, 2.24) is 20.6 Å². The Bertz CT molecular complexity index is 1100. The number of hydrogen-bond acceptors (Lipinski definition) is 8. The third-order valence-corrected chi connectivity index (χ3v) is 6.31. The normalized spacial score (nSPS) is 20.4. The summed E-state index contributed by atoms with van der Waals surface area (Å²) in [7, 11) is 0. The van der Waals surface area contributed by atoms with E-state index in [1.807, 2.05) is 12.1 Å². The smallest absolute Gasteiger partial charge is 0.257 e. The minimum absolute atomic E-state index is 0.00985. The molecule has 1 atom stereocenters. The monoisotopic (exact) mass is 449 g/mol. The molecule has 1 aliphatic heterocycles. The van der Waals surface area contributed by atoms with Crippen molar-refractivity contribution < 1.29 is 19.0 Å². The van der Waals surface area contributed by atoms with E-state index < -0.39 is 5.72 Å². The first kappa shape index (κ1) is 21.4. The molecule has 9 heteroatoms. The van der Waals surface area contributed by atoms with Gasteiger partial charge in [-0.2, -0.15) is 5.21 Å². The van der Waals surface area contributed by atoms with E-state index in [0.717, 1.165) is 18.1 Å². The Morgan fingerprint density at radius 3 is 2.73 bits per heavy atom. The molecule has 0 spiro atoms. The number of carbonyl (C=O) groups is 1. The summed E-state index contributed by atoms with van der Waals surface area (Å²) in [4.78, 5) is 13.3. The maximum absolute atomic E-state index is 13.3. The predicted molar refractivity (Wildman–Crippen MR) is 119 cm³/mol. The summed E-state index contributed by atoms with van der Waals surface area (Å²) in [6, 6.07) is 12.3. The van der Waals surface area contributed by atoms with Crippen LogP contribution in [0.4, 0.5) is 0 Å². The van der Waals surface area contributed by atoms with Crippen LogP contribution in [0, 0.1) is 5.92 Å². The highest BCUT2D eigenvalue weighted by atomic mass is 16.6. The zero-order chi connectivity index (χ0) is 22.7. The van der Waals surface area contributed by atoms with Crippen molar-refractivity contribution in [2.45, 2.75) is 44.2 Å². The van der Waals surface area contributed by atoms with Gasteiger partial charge in [-0.15, -0.1) is 10.2 Å². The van der Waals surface area contributed by atoms with Gasteiger partial charge in [0.1, 0.15) is 12.4 Å². The van der Waals surface area contributed by atoms with Gasteiger partial charge in [-0.3, -0.25) is 10.5 Å². The molecule has 172 valence electrons. The summed E-state index contributed by atoms with van der Waals surface area (Å²) in [5.41, 5.74) is 5.71. The van der Waals surface area contributed by atoms with Crippen molar-refractivity contribution in [1.29, 1.82) is 0 Å². The van der Waals surface area contributed by atoms with Gasteiger partial charge in [-0.1, -0.05) is 38.2 Å². The second kappa shape index (κ2) is 9.19. The van der Waals surface area contributed by atoms with E-state index in [4.69, 9.17) is 19.9 Å². The Morgan fingerprint density at radius 2 is 1.97 bits per heavy atom. The number of ether oxygens (including phenoxy) is 3. The molecule has 1 aliphatic carbocycles. The summed E-state index contributed by atoms with van der Waals surface area (Å²) in [5.74, 6) is 2.16. The number of H-pyrrole nitrogens is 1. The molecule has 0 radical (unpaired) electrons. The zero-order valence-corrected chi connectivity index (χ0v) is 18.3. The molecule has 2 heterocycles. The van der Waals surface area contributed by atoms with Crippen LogP contribution in [0.3, 0.4) is 0 Å². The molecule has 3 N–H and O–H groups in total. The maximum Gasteiger partial charge on any atom is 0.257 e. The van der Waals surface area contributed by atoms with Crippen molar-refractivity contribution in [2.24, 2.45) is 11.7 Å². The highest BCUT2D eigenvalue weighted by Crippen LogP contribution is 2.40. The molecule has 0 amide bonds. The minimum atomic E-state index is -1.45. The van der Waals surface area contributed by atoms with Gasteiger partial charge >= 0.3 is 0 Å². The average molecular weight is 450 g/mol. The Kier molecular flexibility index (Phi) is 5.95. The molecule has 0 bridgehead atoms. The van der Waals surface area contributed by atoms with Crippen LogP contribution >= 0.6 is 0 Å². The van der Waals surface area contributed by atoms with Gasteiger partial charge < -0.3 is 14.2 Å². The van der Waals surface area contributed by atoms with Gasteiger partial charge in [-0.25, -0.2) is 0 Å². The van der Waals surface area contributed by atoms with Crippen LogP contribution in [-0.4, -0.2) is 39.6 Å². The van der Waals surface area contributed by atoms with Gasteiger partial charge in [0, 0.05) is 5.56 Å². The van der Waals surface area contributed by atoms with Gasteiger partial charge in [-0.05, 0) is 54.0 Å². The van der Waals surface area contributed by atoms with Gasteiger partial charge in [0.2, 0.25) is 5.82 Å². The first-order chi connectivity index (χ1) is 16.1. The number of fused-ring (bicyclic) bond motifs is 1. The number of nitrogens with one attached hydrogen (secondary N) is 1. The SMILES string of the molecule is NC1(c2nn[nH]n2)COc2cccc(C(=O)c3ccc(OCCC4CCCCC4)cc3)c2O1. The number of nitrogens with zero attached hydrogens (tertiary/aromatic N) is 3. The maximum atomic E-state index is 13.3. The topological polar surface area (TPSA) is 125 Å². The van der Waals surface area contributed by atoms with E-state index in [-0.39, 0.29) is 24.0 Å². The third-order valence-electron chi connectivity index (χ3n) is 6.31. The predicted octanol–water partition coefficient (Wildman–Crippen LogP) is 3.36. The third kappa shape index (κ3) is 4.54. The number of benzene rings is 2. The number of aromatic amines is 1. The molecule has 1 fully saturated rings. The molecule has 5 rings (SSSR count). The van der Waals surface area contributed by atoms with Crippen molar-refractivity contribution in [3.05, 3.63) is 59.4 Å². The molecule has 2 aliphatic rings. The number of tetrazole rings is 1. The highest BCUT2D eigenvalue weighted by molar-refractivity contribution is 6.11. The molecule has 0 saturated heterocycles. The molecule has 1 aromatic heterocycles. The second-order valence-electron chi connectivity index (χ2n) is 8.64. The molecule has 1 unspecified atom stereocenters. The number of hydrogen-bond donors (Lipinski definition) is 2. The fourth-order valence-corrected chi connectivity index (χ4v) is 4.44. The van der Waals surface area contributed by atoms with Gasteiger partial charge in [0.25, 0.3) is 5.72 Å². The number of ketones is 1. The summed E-state index contributed by atoms with van der Waals surface area (Å²) < 4.78 is 17.7. The number of carbonyl (C=O) groups excluding carboxylic acids is 1. The number of para-hydroxylation sites is 1. The number of aromatic nitrogens is 4. The standard InChI is InChI=1S/C24H27N5O4/c25-24(23-26-28-29-27-23)15-32-20-8-4-7-19(22(20)33-24)21(30)17-9-11-18(12-10-17)31-14-13-16-5-2-1-3-6-16/h4,7-12,16H,1-3,5-6,13-15,25H2,(H,26,27,28,29). The molecule has 9 nitrogen and oxygen atoms in total. The van der Waals surface area contributed by atoms with E-state index in [1.165, 1.54) is 32.1 Å². The van der Waals surface area contributed by atoms with Crippen LogP contribution in [0.1, 0.15) is 60.3 Å². The summed E-state index contributed by atoms with van der Waals surface area (Å²) >= 11 is 0. The first-order valence-electron chi connectivity index (χ1n) is 11.4. The van der Waals surface area contributed by atoms with Crippen molar-refractivity contribution >= 4 is 5.78 Å². The van der Waals surface area contributed by atoms with E-state index in [0.29, 0.717) is 23.5 Å². The van der Waals surface area contributed by atoms with Crippen molar-refractivity contribution in [2.75, 3.05) is 13.2 Å². The molecule has 1 saturated carbocycles. The van der Waals surface area contributed by atoms with Crippen LogP contribution in [0.5, 0.6) is 17.2 Å². The van der Waals surface area contributed by atoms with E-state index in [2.05, 4.69) is 20.6 Å². The lowest BCUT2D eigenvalue weighted by Crippen LogP contribution is -2.51. The minimum Gasteiger partial charge on any atom is -0.494 e. The molecular weight excluding hydrogens is 422 g/mol. The zero-order valence-electron chi connectivity index (χ0n) is 18.3. The van der Waals surface area contributed by atoms with Crippen molar-refractivity contribution in [3.63, 3.8) is 0 Å². The van der Waals surface area contributed by atoms with Gasteiger partial charge in [0.15, 0.2) is 17.3 Å². The van der Waals surface area contributed by atoms with Crippen molar-refractivity contribution in [3.8, 4) is 17.2 Å². The quantitative estimate of drug-likeness (QED) is 0.526. The Morgan fingerprint density at radius 1 is 1.15 bits per heavy atom. The molecule has 3 aromatic rings. The first-order valence-corrected chi connectivity index (χ1v) is 11.4. The highest BCUT2D eigenvalue weighted by Gasteiger charge is 2.41. The molecule has 2 aromatic carbocycles. The Balaban J connectivity index is 1.28. The van der Waals surface area contributed by atoms with E-state index in [1.54, 1.807) is 30.3 Å². The fraction of sp³-hybridized carbons (Fsp3) is 0.417. The summed E-state index contributed by atoms with van der Waals surface area (Å²) in [5, 5.41) is 13.7. The van der Waals surface area contributed by atoms with E-state index >= 15 is 0 Å². The Hall–Kier alpha value is -3.46. The molecule has 33 heavy (non-hydrogen) atoms. The number of nitrogens with two attached hydrogens (primary N) is 1. The van der Waals surface area contributed by atoms with E-state index in [9.17, 15) is 4.79 Å². The summed E-state index contributed by atoms with van der Waals surface area (Å²) in [6.45, 7) is 0.689. The summed E-state index contributed by atoms with van der Waals surface area (Å²) in [6.07, 6.45) is 7.72. The lowest BCUT2D eigenvalue weighted by Gasteiger charge is -2.33. The average Bonchev–Trinajstić information content (AvgIpc) is 3.41. The van der Waals surface area contributed by atoms with Crippen LogP contribution in [0.25, 0.3) is 0 Å². The van der Waals surface area contributed by atoms with Crippen LogP contribution in [0.2, 0.25) is 0 Å². The fourth-order valence-electron chi connectivity index (χ4n) is 4.44. The second-order valence-corrected chi connectivity index (χ2v) is 8.64. The van der Waals surface area contributed by atoms with Crippen LogP contribution in [-0.2, 0) is 5.72 Å². The van der Waals surface area contributed by atoms with Crippen LogP contribution in [0.15, 0.2) is 42.5 Å². The largest absolute Gasteiger partial charge is 0.494 e. The van der Waals surface area contributed by atoms with Gasteiger partial charge in [0.05, 0.1) is 12.2 Å².